The van der Waals surface area contributed by atoms with Gasteiger partial charge in [-0.3, -0.25) is 9.89 Å². The quantitative estimate of drug-likeness (QED) is 0.537. The van der Waals surface area contributed by atoms with Crippen molar-refractivity contribution in [2.24, 2.45) is 0 Å². The Morgan fingerprint density at radius 1 is 1.19 bits per heavy atom. The second kappa shape index (κ2) is 7.09. The highest BCUT2D eigenvalue weighted by molar-refractivity contribution is 5.80. The Morgan fingerprint density at radius 3 is 3.00 bits per heavy atom. The van der Waals surface area contributed by atoms with Gasteiger partial charge in [0, 0.05) is 18.5 Å². The van der Waals surface area contributed by atoms with Crippen molar-refractivity contribution in [3.63, 3.8) is 0 Å². The SMILES string of the molecule is O=C(Cn1cnc2ccccc21)NCCc1nc(-c2ccnnc2)n[nH]1. The summed E-state index contributed by atoms with van der Waals surface area (Å²) in [7, 11) is 0. The van der Waals surface area contributed by atoms with E-state index in [1.165, 1.54) is 0 Å². The molecule has 0 fully saturated rings. The molecule has 2 N–H and O–H groups in total. The Hall–Kier alpha value is -3.62. The zero-order chi connectivity index (χ0) is 17.8. The van der Waals surface area contributed by atoms with Crippen LogP contribution in [0.3, 0.4) is 0 Å². The van der Waals surface area contributed by atoms with E-state index in [1.807, 2.05) is 28.8 Å². The van der Waals surface area contributed by atoms with Gasteiger partial charge in [0.2, 0.25) is 5.91 Å². The number of carbonyl (C=O) groups is 1. The van der Waals surface area contributed by atoms with Crippen LogP contribution in [0.1, 0.15) is 5.82 Å². The van der Waals surface area contributed by atoms with Gasteiger partial charge >= 0.3 is 0 Å². The number of aromatic nitrogens is 7. The highest BCUT2D eigenvalue weighted by atomic mass is 16.1. The topological polar surface area (TPSA) is 114 Å². The summed E-state index contributed by atoms with van der Waals surface area (Å²) in [5, 5.41) is 17.4. The monoisotopic (exact) mass is 348 g/mol. The van der Waals surface area contributed by atoms with Crippen LogP contribution in [0.4, 0.5) is 0 Å². The van der Waals surface area contributed by atoms with E-state index in [2.05, 4.69) is 35.7 Å². The van der Waals surface area contributed by atoms with Gasteiger partial charge in [-0.15, -0.1) is 0 Å². The molecular formula is C17H16N8O. The number of hydrogen-bond acceptors (Lipinski definition) is 6. The van der Waals surface area contributed by atoms with Crippen LogP contribution in [0.2, 0.25) is 0 Å². The molecule has 9 heteroatoms. The van der Waals surface area contributed by atoms with Crippen molar-refractivity contribution in [3.05, 3.63) is 54.9 Å². The minimum absolute atomic E-state index is 0.0776. The minimum atomic E-state index is -0.0776. The summed E-state index contributed by atoms with van der Waals surface area (Å²) in [5.74, 6) is 1.18. The summed E-state index contributed by atoms with van der Waals surface area (Å²) in [6.45, 7) is 0.694. The molecule has 0 saturated carbocycles. The van der Waals surface area contributed by atoms with Crippen molar-refractivity contribution >= 4 is 16.9 Å². The first-order chi connectivity index (χ1) is 12.8. The summed E-state index contributed by atoms with van der Waals surface area (Å²) in [6.07, 6.45) is 5.42. The summed E-state index contributed by atoms with van der Waals surface area (Å²) < 4.78 is 1.83. The Bertz CT molecular complexity index is 1020. The van der Waals surface area contributed by atoms with E-state index in [0.717, 1.165) is 16.6 Å². The fourth-order valence-corrected chi connectivity index (χ4v) is 2.63. The molecule has 1 aromatic carbocycles. The second-order valence-electron chi connectivity index (χ2n) is 5.70. The number of fused-ring (bicyclic) bond motifs is 1. The number of nitrogens with one attached hydrogen (secondary N) is 2. The summed E-state index contributed by atoms with van der Waals surface area (Å²) in [5.41, 5.74) is 2.60. The van der Waals surface area contributed by atoms with Crippen molar-refractivity contribution in [3.8, 4) is 11.4 Å². The van der Waals surface area contributed by atoms with Crippen LogP contribution in [0, 0.1) is 0 Å². The summed E-state index contributed by atoms with van der Waals surface area (Å²) in [6, 6.07) is 9.51. The van der Waals surface area contributed by atoms with Gasteiger partial charge in [0.25, 0.3) is 0 Å². The molecule has 0 aliphatic carbocycles. The van der Waals surface area contributed by atoms with Gasteiger partial charge < -0.3 is 9.88 Å². The number of aromatic amines is 1. The van der Waals surface area contributed by atoms with Crippen LogP contribution in [0.15, 0.2) is 49.1 Å². The van der Waals surface area contributed by atoms with Crippen molar-refractivity contribution in [1.29, 1.82) is 0 Å². The van der Waals surface area contributed by atoms with E-state index >= 15 is 0 Å². The van der Waals surface area contributed by atoms with Crippen molar-refractivity contribution < 1.29 is 4.79 Å². The lowest BCUT2D eigenvalue weighted by atomic mass is 10.3. The third-order valence-electron chi connectivity index (χ3n) is 3.90. The van der Waals surface area contributed by atoms with E-state index < -0.39 is 0 Å². The Labute approximate surface area is 148 Å². The lowest BCUT2D eigenvalue weighted by Gasteiger charge is -2.05. The molecule has 0 radical (unpaired) electrons. The number of hydrogen-bond donors (Lipinski definition) is 2. The molecular weight excluding hydrogens is 332 g/mol. The van der Waals surface area contributed by atoms with Crippen molar-refractivity contribution in [1.82, 2.24) is 40.2 Å². The predicted molar refractivity (Wildman–Crippen MR) is 93.9 cm³/mol. The molecule has 9 nitrogen and oxygen atoms in total. The molecule has 0 bridgehead atoms. The Kier molecular flexibility index (Phi) is 4.33. The number of para-hydroxylation sites is 2. The highest BCUT2D eigenvalue weighted by Gasteiger charge is 2.08. The number of benzene rings is 1. The molecule has 0 spiro atoms. The van der Waals surface area contributed by atoms with E-state index in [-0.39, 0.29) is 12.5 Å². The maximum absolute atomic E-state index is 12.1. The lowest BCUT2D eigenvalue weighted by Crippen LogP contribution is -2.29. The number of carbonyl (C=O) groups excluding carboxylic acids is 1. The molecule has 26 heavy (non-hydrogen) atoms. The number of rotatable bonds is 6. The Morgan fingerprint density at radius 2 is 2.12 bits per heavy atom. The van der Waals surface area contributed by atoms with Crippen LogP contribution in [-0.2, 0) is 17.8 Å². The number of H-pyrrole nitrogens is 1. The van der Waals surface area contributed by atoms with E-state index in [0.29, 0.717) is 24.6 Å². The molecule has 3 heterocycles. The van der Waals surface area contributed by atoms with Crippen LogP contribution in [0.5, 0.6) is 0 Å². The van der Waals surface area contributed by atoms with Gasteiger partial charge in [-0.25, -0.2) is 9.97 Å². The molecule has 1 amide bonds. The maximum Gasteiger partial charge on any atom is 0.240 e. The molecule has 3 aromatic heterocycles. The smallest absolute Gasteiger partial charge is 0.240 e. The van der Waals surface area contributed by atoms with Crippen molar-refractivity contribution in [2.75, 3.05) is 6.54 Å². The normalized spacial score (nSPS) is 10.9. The largest absolute Gasteiger partial charge is 0.354 e. The molecule has 130 valence electrons. The molecule has 4 aromatic rings. The van der Waals surface area contributed by atoms with Crippen LogP contribution < -0.4 is 5.32 Å². The molecule has 0 aliphatic heterocycles. The first-order valence-corrected chi connectivity index (χ1v) is 8.14. The second-order valence-corrected chi connectivity index (χ2v) is 5.70. The number of amides is 1. The number of nitrogens with zero attached hydrogens (tertiary/aromatic N) is 6. The number of imidazole rings is 1. The van der Waals surface area contributed by atoms with Gasteiger partial charge in [-0.05, 0) is 18.2 Å². The van der Waals surface area contributed by atoms with Crippen LogP contribution in [-0.4, -0.2) is 47.4 Å². The van der Waals surface area contributed by atoms with Gasteiger partial charge in [-0.2, -0.15) is 15.3 Å². The molecule has 0 atom stereocenters. The van der Waals surface area contributed by atoms with Gasteiger partial charge in [0.05, 0.1) is 29.8 Å². The Balaban J connectivity index is 1.31. The molecule has 0 saturated heterocycles. The van der Waals surface area contributed by atoms with Gasteiger partial charge in [0.1, 0.15) is 12.4 Å². The first-order valence-electron chi connectivity index (χ1n) is 8.14. The molecule has 4 rings (SSSR count). The molecule has 0 aliphatic rings. The lowest BCUT2D eigenvalue weighted by molar-refractivity contribution is -0.121. The van der Waals surface area contributed by atoms with Crippen LogP contribution in [0.25, 0.3) is 22.4 Å². The first kappa shape index (κ1) is 15.9. The predicted octanol–water partition coefficient (Wildman–Crippen LogP) is 0.970. The highest BCUT2D eigenvalue weighted by Crippen LogP contribution is 2.12. The third kappa shape index (κ3) is 3.41. The van der Waals surface area contributed by atoms with Gasteiger partial charge in [-0.1, -0.05) is 12.1 Å². The fraction of sp³-hybridized carbons (Fsp3) is 0.176. The summed E-state index contributed by atoms with van der Waals surface area (Å²) >= 11 is 0. The van der Waals surface area contributed by atoms with E-state index in [9.17, 15) is 4.79 Å². The zero-order valence-electron chi connectivity index (χ0n) is 13.8. The van der Waals surface area contributed by atoms with E-state index in [4.69, 9.17) is 0 Å². The van der Waals surface area contributed by atoms with Crippen molar-refractivity contribution in [2.45, 2.75) is 13.0 Å². The maximum atomic E-state index is 12.1. The standard InChI is InChI=1S/C17H16N8O/c26-16(10-25-11-19-13-3-1-2-4-14(13)25)18-7-6-15-22-17(24-23-15)12-5-8-20-21-9-12/h1-5,8-9,11H,6-7,10H2,(H,18,26)(H,22,23,24). The average Bonchev–Trinajstić information content (AvgIpc) is 3.30. The average molecular weight is 348 g/mol. The van der Waals surface area contributed by atoms with Crippen LogP contribution >= 0.6 is 0 Å². The van der Waals surface area contributed by atoms with Gasteiger partial charge in [0.15, 0.2) is 5.82 Å². The summed E-state index contributed by atoms with van der Waals surface area (Å²) in [4.78, 5) is 20.8. The third-order valence-corrected chi connectivity index (χ3v) is 3.90. The fourth-order valence-electron chi connectivity index (χ4n) is 2.63. The van der Waals surface area contributed by atoms with E-state index in [1.54, 1.807) is 24.8 Å². The zero-order valence-corrected chi connectivity index (χ0v) is 13.8. The minimum Gasteiger partial charge on any atom is -0.354 e. The molecule has 0 unspecified atom stereocenters.